The van der Waals surface area contributed by atoms with Gasteiger partial charge in [-0.2, -0.15) is 0 Å². The molecule has 10 heavy (non-hydrogen) atoms. The lowest BCUT2D eigenvalue weighted by molar-refractivity contribution is -0.0356. The van der Waals surface area contributed by atoms with Gasteiger partial charge in [0.2, 0.25) is 0 Å². The Morgan fingerprint density at radius 3 is 2.90 bits per heavy atom. The highest BCUT2D eigenvalue weighted by atomic mass is 32.2. The van der Waals surface area contributed by atoms with Crippen molar-refractivity contribution in [2.45, 2.75) is 31.3 Å². The van der Waals surface area contributed by atoms with E-state index in [9.17, 15) is 5.11 Å². The maximum absolute atomic E-state index is 9.47. The lowest BCUT2D eigenvalue weighted by Crippen LogP contribution is -2.35. The van der Waals surface area contributed by atoms with Crippen LogP contribution in [0.1, 0.15) is 20.3 Å². The Morgan fingerprint density at radius 1 is 1.80 bits per heavy atom. The lowest BCUT2D eigenvalue weighted by Gasteiger charge is -2.27. The SMILES string of the molecule is CCC(O)C1(C)OCCS1. The quantitative estimate of drug-likeness (QED) is 0.662. The second-order valence-corrected chi connectivity index (χ2v) is 4.14. The van der Waals surface area contributed by atoms with Crippen LogP contribution in [0.3, 0.4) is 0 Å². The third kappa shape index (κ3) is 1.47. The largest absolute Gasteiger partial charge is 0.389 e. The van der Waals surface area contributed by atoms with Crippen molar-refractivity contribution in [3.05, 3.63) is 0 Å². The number of aliphatic hydroxyl groups is 1. The van der Waals surface area contributed by atoms with E-state index >= 15 is 0 Å². The van der Waals surface area contributed by atoms with Gasteiger partial charge >= 0.3 is 0 Å². The molecule has 1 heterocycles. The van der Waals surface area contributed by atoms with Crippen LogP contribution >= 0.6 is 11.8 Å². The van der Waals surface area contributed by atoms with Crippen molar-refractivity contribution in [1.29, 1.82) is 0 Å². The summed E-state index contributed by atoms with van der Waals surface area (Å²) >= 11 is 1.71. The van der Waals surface area contributed by atoms with Crippen LogP contribution < -0.4 is 0 Å². The third-order valence-electron chi connectivity index (χ3n) is 1.85. The predicted molar refractivity (Wildman–Crippen MR) is 43.1 cm³/mol. The molecule has 1 saturated heterocycles. The van der Waals surface area contributed by atoms with Crippen LogP contribution in [0.4, 0.5) is 0 Å². The minimum absolute atomic E-state index is 0.319. The topological polar surface area (TPSA) is 29.5 Å². The highest BCUT2D eigenvalue weighted by Crippen LogP contribution is 2.36. The molecule has 0 aliphatic carbocycles. The van der Waals surface area contributed by atoms with Crippen LogP contribution in [0.2, 0.25) is 0 Å². The van der Waals surface area contributed by atoms with Crippen LogP contribution in [-0.2, 0) is 4.74 Å². The van der Waals surface area contributed by atoms with E-state index in [1.807, 2.05) is 13.8 Å². The highest BCUT2D eigenvalue weighted by Gasteiger charge is 2.36. The molecule has 0 spiro atoms. The fraction of sp³-hybridized carbons (Fsp3) is 1.00. The maximum atomic E-state index is 9.47. The Bertz CT molecular complexity index is 110. The van der Waals surface area contributed by atoms with E-state index in [2.05, 4.69) is 0 Å². The molecule has 1 fully saturated rings. The number of ether oxygens (including phenoxy) is 1. The van der Waals surface area contributed by atoms with Gasteiger partial charge in [0, 0.05) is 5.75 Å². The maximum Gasteiger partial charge on any atom is 0.136 e. The molecule has 2 unspecified atom stereocenters. The van der Waals surface area contributed by atoms with Gasteiger partial charge in [-0.25, -0.2) is 0 Å². The molecule has 0 aromatic rings. The Balaban J connectivity index is 2.49. The van der Waals surface area contributed by atoms with Gasteiger partial charge in [0.1, 0.15) is 4.93 Å². The van der Waals surface area contributed by atoms with Gasteiger partial charge < -0.3 is 9.84 Å². The summed E-state index contributed by atoms with van der Waals surface area (Å²) in [7, 11) is 0. The Labute approximate surface area is 66.0 Å². The third-order valence-corrected chi connectivity index (χ3v) is 3.19. The Kier molecular flexibility index (Phi) is 2.61. The van der Waals surface area contributed by atoms with Gasteiger partial charge in [0.05, 0.1) is 12.7 Å². The molecular weight excluding hydrogens is 148 g/mol. The summed E-state index contributed by atoms with van der Waals surface area (Å²) in [5.74, 6) is 1.01. The van der Waals surface area contributed by atoms with E-state index in [0.717, 1.165) is 18.8 Å². The standard InChI is InChI=1S/C7H14O2S/c1-3-6(8)7(2)9-4-5-10-7/h6,8H,3-5H2,1-2H3. The average molecular weight is 162 g/mol. The molecule has 0 aromatic carbocycles. The van der Waals surface area contributed by atoms with Crippen molar-refractivity contribution in [2.24, 2.45) is 0 Å². The minimum Gasteiger partial charge on any atom is -0.389 e. The molecule has 3 heteroatoms. The summed E-state index contributed by atoms with van der Waals surface area (Å²) in [6, 6.07) is 0. The van der Waals surface area contributed by atoms with Crippen molar-refractivity contribution >= 4 is 11.8 Å². The first-order chi connectivity index (χ1) is 4.69. The van der Waals surface area contributed by atoms with Crippen molar-refractivity contribution < 1.29 is 9.84 Å². The fourth-order valence-electron chi connectivity index (χ4n) is 1.09. The molecule has 0 bridgehead atoms. The molecule has 1 aliphatic rings. The van der Waals surface area contributed by atoms with Gasteiger partial charge in [0.15, 0.2) is 0 Å². The van der Waals surface area contributed by atoms with Gasteiger partial charge in [-0.3, -0.25) is 0 Å². The number of hydrogen-bond acceptors (Lipinski definition) is 3. The molecule has 1 aliphatic heterocycles. The Hall–Kier alpha value is 0.270. The monoisotopic (exact) mass is 162 g/mol. The van der Waals surface area contributed by atoms with Crippen molar-refractivity contribution in [2.75, 3.05) is 12.4 Å². The second-order valence-electron chi connectivity index (χ2n) is 2.64. The van der Waals surface area contributed by atoms with Crippen LogP contribution in [0, 0.1) is 0 Å². The van der Waals surface area contributed by atoms with E-state index in [1.165, 1.54) is 0 Å². The normalized spacial score (nSPS) is 36.3. The summed E-state index contributed by atoms with van der Waals surface area (Å²) in [6.45, 7) is 4.70. The van der Waals surface area contributed by atoms with Crippen molar-refractivity contribution in [3.63, 3.8) is 0 Å². The van der Waals surface area contributed by atoms with Crippen LogP contribution in [-0.4, -0.2) is 28.5 Å². The van der Waals surface area contributed by atoms with Crippen molar-refractivity contribution in [1.82, 2.24) is 0 Å². The molecular formula is C7H14O2S. The summed E-state index contributed by atoms with van der Waals surface area (Å²) < 4.78 is 5.41. The zero-order valence-electron chi connectivity index (χ0n) is 6.46. The molecule has 0 radical (unpaired) electrons. The molecule has 2 nitrogen and oxygen atoms in total. The van der Waals surface area contributed by atoms with E-state index in [4.69, 9.17) is 4.74 Å². The van der Waals surface area contributed by atoms with E-state index < -0.39 is 0 Å². The summed E-state index contributed by atoms with van der Waals surface area (Å²) in [4.78, 5) is -0.325. The predicted octanol–water partition coefficient (Wildman–Crippen LogP) is 1.24. The first-order valence-electron chi connectivity index (χ1n) is 3.65. The molecule has 1 N–H and O–H groups in total. The lowest BCUT2D eigenvalue weighted by atomic mass is 10.2. The zero-order valence-corrected chi connectivity index (χ0v) is 7.28. The number of thioether (sulfide) groups is 1. The summed E-state index contributed by atoms with van der Waals surface area (Å²) in [6.07, 6.45) is 0.448. The van der Waals surface area contributed by atoms with E-state index in [0.29, 0.717) is 0 Å². The number of aliphatic hydroxyl groups excluding tert-OH is 1. The molecule has 0 amide bonds. The molecule has 60 valence electrons. The number of hydrogen-bond donors (Lipinski definition) is 1. The first-order valence-corrected chi connectivity index (χ1v) is 4.63. The average Bonchev–Trinajstić information content (AvgIpc) is 2.36. The molecule has 1 rings (SSSR count). The highest BCUT2D eigenvalue weighted by molar-refractivity contribution is 8.00. The van der Waals surface area contributed by atoms with Gasteiger partial charge in [0.25, 0.3) is 0 Å². The van der Waals surface area contributed by atoms with Crippen LogP contribution in [0.15, 0.2) is 0 Å². The second kappa shape index (κ2) is 3.11. The number of rotatable bonds is 2. The van der Waals surface area contributed by atoms with Gasteiger partial charge in [-0.05, 0) is 13.3 Å². The van der Waals surface area contributed by atoms with Crippen LogP contribution in [0.25, 0.3) is 0 Å². The van der Waals surface area contributed by atoms with Crippen molar-refractivity contribution in [3.8, 4) is 0 Å². The van der Waals surface area contributed by atoms with E-state index in [1.54, 1.807) is 11.8 Å². The van der Waals surface area contributed by atoms with Crippen LogP contribution in [0.5, 0.6) is 0 Å². The first kappa shape index (κ1) is 8.37. The summed E-state index contributed by atoms with van der Waals surface area (Å²) in [5, 5.41) is 9.47. The fourth-order valence-corrected chi connectivity index (χ4v) is 2.19. The smallest absolute Gasteiger partial charge is 0.136 e. The minimum atomic E-state index is -0.325. The summed E-state index contributed by atoms with van der Waals surface area (Å²) in [5.41, 5.74) is 0. The van der Waals surface area contributed by atoms with Gasteiger partial charge in [-0.1, -0.05) is 6.92 Å². The molecule has 0 saturated carbocycles. The molecule has 2 atom stereocenters. The van der Waals surface area contributed by atoms with E-state index in [-0.39, 0.29) is 11.0 Å². The zero-order chi connectivity index (χ0) is 7.61. The Morgan fingerprint density at radius 2 is 2.50 bits per heavy atom. The van der Waals surface area contributed by atoms with Gasteiger partial charge in [-0.15, -0.1) is 11.8 Å². The molecule has 0 aromatic heterocycles.